The van der Waals surface area contributed by atoms with Crippen LogP contribution >= 0.6 is 22.7 Å². The number of para-hydroxylation sites is 2. The minimum absolute atomic E-state index is 0.620. The highest BCUT2D eigenvalue weighted by Gasteiger charge is 2.20. The molecule has 4 aromatic heterocycles. The maximum atomic E-state index is 6.22. The van der Waals surface area contributed by atoms with E-state index in [1.807, 2.05) is 54.6 Å². The maximum Gasteiger partial charge on any atom is 0.228 e. The Bertz CT molecular complexity index is 2780. The molecule has 0 unspecified atom stereocenters. The van der Waals surface area contributed by atoms with Crippen LogP contribution in [0.15, 0.2) is 138 Å². The smallest absolute Gasteiger partial charge is 0.228 e. The van der Waals surface area contributed by atoms with Gasteiger partial charge in [0.15, 0.2) is 23.1 Å². The van der Waals surface area contributed by atoms with Gasteiger partial charge in [-0.05, 0) is 48.5 Å². The maximum absolute atomic E-state index is 6.22. The van der Waals surface area contributed by atoms with Crippen molar-refractivity contribution in [3.63, 3.8) is 0 Å². The molecule has 0 saturated carbocycles. The molecule has 10 rings (SSSR count). The molecule has 5 nitrogen and oxygen atoms in total. The third-order valence-corrected chi connectivity index (χ3v) is 11.0. The molecule has 0 bridgehead atoms. The van der Waals surface area contributed by atoms with Crippen LogP contribution in [0.2, 0.25) is 0 Å². The van der Waals surface area contributed by atoms with E-state index in [-0.39, 0.29) is 0 Å². The molecule has 0 spiro atoms. The lowest BCUT2D eigenvalue weighted by Gasteiger charge is -2.09. The fourth-order valence-corrected chi connectivity index (χ4v) is 8.76. The largest absolute Gasteiger partial charge is 0.436 e. The van der Waals surface area contributed by atoms with Gasteiger partial charge in [0.05, 0.1) is 5.56 Å². The van der Waals surface area contributed by atoms with E-state index in [4.69, 9.17) is 24.4 Å². The number of hydrogen-bond donors (Lipinski definition) is 0. The highest BCUT2D eigenvalue weighted by molar-refractivity contribution is 7.27. The summed E-state index contributed by atoms with van der Waals surface area (Å²) in [6.45, 7) is 0. The zero-order valence-electron chi connectivity index (χ0n) is 24.7. The van der Waals surface area contributed by atoms with E-state index in [1.54, 1.807) is 22.7 Å². The van der Waals surface area contributed by atoms with Crippen molar-refractivity contribution in [2.45, 2.75) is 0 Å². The molecule has 0 fully saturated rings. The number of fused-ring (bicyclic) bond motifs is 7. The van der Waals surface area contributed by atoms with Crippen LogP contribution in [0, 0.1) is 0 Å². The Balaban J connectivity index is 1.19. The first-order valence-corrected chi connectivity index (χ1v) is 16.9. The number of aromatic nitrogens is 4. The van der Waals surface area contributed by atoms with Crippen molar-refractivity contribution in [2.24, 2.45) is 0 Å². The first kappa shape index (κ1) is 26.5. The van der Waals surface area contributed by atoms with Gasteiger partial charge >= 0.3 is 0 Å². The van der Waals surface area contributed by atoms with E-state index in [1.165, 1.54) is 20.2 Å². The van der Waals surface area contributed by atoms with Crippen LogP contribution in [0.1, 0.15) is 0 Å². The molecule has 220 valence electrons. The number of rotatable bonds is 4. The van der Waals surface area contributed by atoms with Crippen LogP contribution in [0.5, 0.6) is 0 Å². The standard InChI is InChI=1S/C40H22N4OS2/c1-2-10-23(11-3-1)37-42-38(24-20-21-34-30(22-24)25-12-4-7-19-33(25)46-34)44-39(43-37)28-15-8-13-26-27-14-9-16-29(36(27)47-35(26)28)40-41-31-17-5-6-18-32(31)45-40/h1-22H. The summed E-state index contributed by atoms with van der Waals surface area (Å²) in [5.41, 5.74) is 5.48. The van der Waals surface area contributed by atoms with Crippen LogP contribution in [-0.4, -0.2) is 19.9 Å². The van der Waals surface area contributed by atoms with E-state index < -0.39 is 0 Å². The van der Waals surface area contributed by atoms with E-state index in [0.29, 0.717) is 23.4 Å². The molecule has 0 atom stereocenters. The van der Waals surface area contributed by atoms with Gasteiger partial charge in [-0.2, -0.15) is 0 Å². The van der Waals surface area contributed by atoms with Crippen molar-refractivity contribution in [3.05, 3.63) is 133 Å². The molecule has 4 heterocycles. The normalized spacial score (nSPS) is 11.8. The van der Waals surface area contributed by atoms with E-state index in [0.717, 1.165) is 53.5 Å². The molecule has 47 heavy (non-hydrogen) atoms. The van der Waals surface area contributed by atoms with Crippen LogP contribution in [0.4, 0.5) is 0 Å². The summed E-state index contributed by atoms with van der Waals surface area (Å²) >= 11 is 3.53. The molecule has 0 saturated heterocycles. The Hall–Kier alpha value is -5.76. The number of oxazole rings is 1. The van der Waals surface area contributed by atoms with Crippen molar-refractivity contribution < 1.29 is 4.42 Å². The van der Waals surface area contributed by atoms with E-state index >= 15 is 0 Å². The average molecular weight is 639 g/mol. The second-order valence-electron chi connectivity index (χ2n) is 11.4. The Morgan fingerprint density at radius 3 is 1.94 bits per heavy atom. The molecule has 0 amide bonds. The van der Waals surface area contributed by atoms with Gasteiger partial charge in [-0.3, -0.25) is 0 Å². The van der Waals surface area contributed by atoms with Crippen LogP contribution in [0.3, 0.4) is 0 Å². The molecule has 7 heteroatoms. The summed E-state index contributed by atoms with van der Waals surface area (Å²) in [4.78, 5) is 20.1. The predicted octanol–water partition coefficient (Wildman–Crippen LogP) is 11.4. The average Bonchev–Trinajstić information content (AvgIpc) is 3.85. The van der Waals surface area contributed by atoms with Crippen molar-refractivity contribution in [1.29, 1.82) is 0 Å². The zero-order chi connectivity index (χ0) is 30.9. The molecule has 0 N–H and O–H groups in total. The molecule has 0 radical (unpaired) electrons. The van der Waals surface area contributed by atoms with Gasteiger partial charge in [0, 0.05) is 57.0 Å². The fourth-order valence-electron chi connectivity index (χ4n) is 6.36. The summed E-state index contributed by atoms with van der Waals surface area (Å²) < 4.78 is 11.0. The van der Waals surface area contributed by atoms with Gasteiger partial charge in [-0.1, -0.05) is 84.9 Å². The first-order chi connectivity index (χ1) is 23.3. The topological polar surface area (TPSA) is 64.7 Å². The van der Waals surface area contributed by atoms with Crippen molar-refractivity contribution in [2.75, 3.05) is 0 Å². The summed E-state index contributed by atoms with van der Waals surface area (Å²) in [5, 5.41) is 4.76. The lowest BCUT2D eigenvalue weighted by atomic mass is 10.1. The second-order valence-corrected chi connectivity index (χ2v) is 13.5. The van der Waals surface area contributed by atoms with E-state index in [9.17, 15) is 0 Å². The number of thiophene rings is 2. The number of benzene rings is 6. The van der Waals surface area contributed by atoms with Crippen molar-refractivity contribution in [3.8, 4) is 45.6 Å². The van der Waals surface area contributed by atoms with Crippen molar-refractivity contribution >= 4 is 74.1 Å². The Kier molecular flexibility index (Phi) is 5.85. The Labute approximate surface area is 276 Å². The van der Waals surface area contributed by atoms with Crippen LogP contribution in [0.25, 0.3) is 97.1 Å². The predicted molar refractivity (Wildman–Crippen MR) is 195 cm³/mol. The molecule has 10 aromatic rings. The van der Waals surface area contributed by atoms with Gasteiger partial charge in [0.25, 0.3) is 0 Å². The fraction of sp³-hybridized carbons (Fsp3) is 0. The highest BCUT2D eigenvalue weighted by Crippen LogP contribution is 2.44. The van der Waals surface area contributed by atoms with Crippen molar-refractivity contribution in [1.82, 2.24) is 19.9 Å². The van der Waals surface area contributed by atoms with Gasteiger partial charge in [0.2, 0.25) is 5.89 Å². The summed E-state index contributed by atoms with van der Waals surface area (Å²) in [6, 6.07) is 45.8. The Morgan fingerprint density at radius 1 is 0.426 bits per heavy atom. The zero-order valence-corrected chi connectivity index (χ0v) is 26.3. The molecule has 0 aliphatic carbocycles. The third kappa shape index (κ3) is 4.28. The van der Waals surface area contributed by atoms with Gasteiger partial charge in [-0.15, -0.1) is 22.7 Å². The molecular weight excluding hydrogens is 617 g/mol. The quantitative estimate of drug-likeness (QED) is 0.192. The highest BCUT2D eigenvalue weighted by atomic mass is 32.1. The lowest BCUT2D eigenvalue weighted by molar-refractivity contribution is 0.621. The molecule has 6 aromatic carbocycles. The monoisotopic (exact) mass is 638 g/mol. The summed E-state index contributed by atoms with van der Waals surface area (Å²) in [5.74, 6) is 2.56. The summed E-state index contributed by atoms with van der Waals surface area (Å²) in [6.07, 6.45) is 0. The third-order valence-electron chi connectivity index (χ3n) is 8.59. The minimum atomic E-state index is 0.620. The second kappa shape index (κ2) is 10.4. The van der Waals surface area contributed by atoms with Crippen LogP contribution < -0.4 is 0 Å². The van der Waals surface area contributed by atoms with Gasteiger partial charge < -0.3 is 4.42 Å². The SMILES string of the molecule is c1ccc(-c2nc(-c3ccc4sc5ccccc5c4c3)nc(-c3cccc4c3sc3c(-c5nc6ccccc6o5)cccc34)n2)cc1. The molecular formula is C40H22N4OS2. The van der Waals surface area contributed by atoms with Gasteiger partial charge in [-0.25, -0.2) is 19.9 Å². The molecule has 0 aliphatic heterocycles. The minimum Gasteiger partial charge on any atom is -0.436 e. The Morgan fingerprint density at radius 2 is 1.09 bits per heavy atom. The van der Waals surface area contributed by atoms with Crippen LogP contribution in [-0.2, 0) is 0 Å². The number of hydrogen-bond acceptors (Lipinski definition) is 7. The first-order valence-electron chi connectivity index (χ1n) is 15.3. The number of nitrogens with zero attached hydrogens (tertiary/aromatic N) is 4. The summed E-state index contributed by atoms with van der Waals surface area (Å²) in [7, 11) is 0. The lowest BCUT2D eigenvalue weighted by Crippen LogP contribution is -2.00. The van der Waals surface area contributed by atoms with E-state index in [2.05, 4.69) is 78.9 Å². The molecule has 0 aliphatic rings. The van der Waals surface area contributed by atoms with Gasteiger partial charge in [0.1, 0.15) is 5.52 Å².